The third-order valence-electron chi connectivity index (χ3n) is 4.36. The topological polar surface area (TPSA) is 92.3 Å². The predicted molar refractivity (Wildman–Crippen MR) is 123 cm³/mol. The zero-order valence-electron chi connectivity index (χ0n) is 16.6. The molecule has 160 valence electrons. The minimum Gasteiger partial charge on any atom is -0.322 e. The standard InChI is InChI=1S/C22H18Cl2N2O4S/c1-13-4-3-5-15(10-13)22(28)25-16-11-18(23)20(19(24)12-16)26-21(27)14-6-8-17(9-7-14)31(2,29)30/h3-12H,1-2H3,(H,25,28)(H,26,27). The number of carbonyl (C=O) groups excluding carboxylic acids is 2. The highest BCUT2D eigenvalue weighted by Gasteiger charge is 2.16. The molecule has 0 atom stereocenters. The molecule has 3 aromatic rings. The van der Waals surface area contributed by atoms with Crippen LogP contribution in [0, 0.1) is 6.92 Å². The lowest BCUT2D eigenvalue weighted by atomic mass is 10.1. The molecular weight excluding hydrogens is 459 g/mol. The second-order valence-electron chi connectivity index (χ2n) is 6.89. The third kappa shape index (κ3) is 5.64. The molecule has 3 rings (SSSR count). The molecule has 9 heteroatoms. The molecule has 6 nitrogen and oxygen atoms in total. The average Bonchev–Trinajstić information content (AvgIpc) is 2.70. The molecule has 0 saturated carbocycles. The van der Waals surface area contributed by atoms with Crippen LogP contribution >= 0.6 is 23.2 Å². The molecular formula is C22H18Cl2N2O4S. The largest absolute Gasteiger partial charge is 0.322 e. The van der Waals surface area contributed by atoms with E-state index in [1.54, 1.807) is 18.2 Å². The van der Waals surface area contributed by atoms with E-state index >= 15 is 0 Å². The van der Waals surface area contributed by atoms with Gasteiger partial charge in [-0.25, -0.2) is 8.42 Å². The molecule has 0 unspecified atom stereocenters. The maximum Gasteiger partial charge on any atom is 0.255 e. The van der Waals surface area contributed by atoms with Crippen molar-refractivity contribution in [2.75, 3.05) is 16.9 Å². The van der Waals surface area contributed by atoms with E-state index in [0.29, 0.717) is 11.3 Å². The molecule has 0 aliphatic carbocycles. The lowest BCUT2D eigenvalue weighted by Crippen LogP contribution is -2.14. The van der Waals surface area contributed by atoms with Gasteiger partial charge in [0.25, 0.3) is 11.8 Å². The smallest absolute Gasteiger partial charge is 0.255 e. The van der Waals surface area contributed by atoms with Crippen LogP contribution in [0.3, 0.4) is 0 Å². The van der Waals surface area contributed by atoms with Crippen LogP contribution in [-0.2, 0) is 9.84 Å². The highest BCUT2D eigenvalue weighted by atomic mass is 35.5. The molecule has 31 heavy (non-hydrogen) atoms. The third-order valence-corrected chi connectivity index (χ3v) is 6.09. The molecule has 0 bridgehead atoms. The van der Waals surface area contributed by atoms with Gasteiger partial charge in [-0.2, -0.15) is 0 Å². The lowest BCUT2D eigenvalue weighted by molar-refractivity contribution is 0.101. The van der Waals surface area contributed by atoms with Gasteiger partial charge in [0, 0.05) is 23.1 Å². The van der Waals surface area contributed by atoms with E-state index in [4.69, 9.17) is 23.2 Å². The number of sulfone groups is 1. The van der Waals surface area contributed by atoms with Gasteiger partial charge in [-0.05, 0) is 55.5 Å². The fourth-order valence-electron chi connectivity index (χ4n) is 2.79. The Bertz CT molecular complexity index is 1250. The quantitative estimate of drug-likeness (QED) is 0.528. The Hall–Kier alpha value is -2.87. The van der Waals surface area contributed by atoms with Crippen LogP contribution < -0.4 is 10.6 Å². The van der Waals surface area contributed by atoms with Crippen LogP contribution in [0.4, 0.5) is 11.4 Å². The number of rotatable bonds is 5. The number of benzene rings is 3. The van der Waals surface area contributed by atoms with E-state index in [1.165, 1.54) is 36.4 Å². The van der Waals surface area contributed by atoms with Crippen molar-refractivity contribution in [3.05, 3.63) is 87.4 Å². The minimum absolute atomic E-state index is 0.105. The number of anilines is 2. The number of nitrogens with one attached hydrogen (secondary N) is 2. The van der Waals surface area contributed by atoms with Crippen LogP contribution in [0.5, 0.6) is 0 Å². The predicted octanol–water partition coefficient (Wildman–Crippen LogP) is 5.21. The van der Waals surface area contributed by atoms with E-state index in [9.17, 15) is 18.0 Å². The first-order valence-electron chi connectivity index (χ1n) is 9.03. The highest BCUT2D eigenvalue weighted by molar-refractivity contribution is 7.90. The molecule has 3 aromatic carbocycles. The number of halogens is 2. The Balaban J connectivity index is 1.77. The summed E-state index contributed by atoms with van der Waals surface area (Å²) in [4.78, 5) is 25.0. The molecule has 0 saturated heterocycles. The van der Waals surface area contributed by atoms with Crippen molar-refractivity contribution in [3.63, 3.8) is 0 Å². The molecule has 2 N–H and O–H groups in total. The molecule has 0 heterocycles. The molecule has 0 fully saturated rings. The van der Waals surface area contributed by atoms with Gasteiger partial charge in [-0.1, -0.05) is 40.9 Å². The van der Waals surface area contributed by atoms with E-state index < -0.39 is 15.7 Å². The normalized spacial score (nSPS) is 11.1. The van der Waals surface area contributed by atoms with E-state index in [0.717, 1.165) is 11.8 Å². The number of hydrogen-bond acceptors (Lipinski definition) is 4. The molecule has 0 aliphatic heterocycles. The van der Waals surface area contributed by atoms with Crippen molar-refractivity contribution in [1.29, 1.82) is 0 Å². The minimum atomic E-state index is -3.36. The monoisotopic (exact) mass is 476 g/mol. The van der Waals surface area contributed by atoms with Gasteiger partial charge < -0.3 is 10.6 Å². The first kappa shape index (κ1) is 22.8. The van der Waals surface area contributed by atoms with Crippen LogP contribution in [0.25, 0.3) is 0 Å². The summed E-state index contributed by atoms with van der Waals surface area (Å²) in [5.74, 6) is -0.834. The van der Waals surface area contributed by atoms with Gasteiger partial charge in [0.15, 0.2) is 9.84 Å². The summed E-state index contributed by atoms with van der Waals surface area (Å²) in [7, 11) is -3.36. The summed E-state index contributed by atoms with van der Waals surface area (Å²) in [6.07, 6.45) is 1.08. The van der Waals surface area contributed by atoms with Crippen molar-refractivity contribution in [3.8, 4) is 0 Å². The summed E-state index contributed by atoms with van der Waals surface area (Å²) in [5, 5.41) is 5.60. The summed E-state index contributed by atoms with van der Waals surface area (Å²) in [6, 6.07) is 15.5. The second kappa shape index (κ2) is 9.09. The van der Waals surface area contributed by atoms with Gasteiger partial charge in [-0.3, -0.25) is 9.59 Å². The summed E-state index contributed by atoms with van der Waals surface area (Å²) >= 11 is 12.6. The Morgan fingerprint density at radius 1 is 0.806 bits per heavy atom. The Labute approximate surface area is 190 Å². The Kier molecular flexibility index (Phi) is 6.69. The van der Waals surface area contributed by atoms with Gasteiger partial charge in [0.05, 0.1) is 20.6 Å². The van der Waals surface area contributed by atoms with Crippen molar-refractivity contribution in [1.82, 2.24) is 0 Å². The average molecular weight is 477 g/mol. The first-order chi connectivity index (χ1) is 14.5. The van der Waals surface area contributed by atoms with Crippen molar-refractivity contribution in [2.45, 2.75) is 11.8 Å². The van der Waals surface area contributed by atoms with Crippen LogP contribution in [0.1, 0.15) is 26.3 Å². The van der Waals surface area contributed by atoms with Crippen molar-refractivity contribution < 1.29 is 18.0 Å². The molecule has 0 spiro atoms. The summed E-state index contributed by atoms with van der Waals surface area (Å²) in [6.45, 7) is 1.89. The molecule has 0 aromatic heterocycles. The fourth-order valence-corrected chi connectivity index (χ4v) is 4.01. The number of aryl methyl sites for hydroxylation is 1. The van der Waals surface area contributed by atoms with Crippen LogP contribution in [-0.4, -0.2) is 26.5 Å². The Morgan fingerprint density at radius 2 is 1.39 bits per heavy atom. The maximum atomic E-state index is 12.5. The van der Waals surface area contributed by atoms with Crippen LogP contribution in [0.2, 0.25) is 10.0 Å². The van der Waals surface area contributed by atoms with E-state index in [1.807, 2.05) is 13.0 Å². The first-order valence-corrected chi connectivity index (χ1v) is 11.7. The zero-order valence-corrected chi connectivity index (χ0v) is 18.9. The molecule has 0 aliphatic rings. The second-order valence-corrected chi connectivity index (χ2v) is 9.72. The van der Waals surface area contributed by atoms with E-state index in [2.05, 4.69) is 10.6 Å². The Morgan fingerprint density at radius 3 is 1.94 bits per heavy atom. The van der Waals surface area contributed by atoms with Crippen LogP contribution in [0.15, 0.2) is 65.6 Å². The summed E-state index contributed by atoms with van der Waals surface area (Å²) in [5.41, 5.74) is 2.22. The molecule has 2 amide bonds. The maximum absolute atomic E-state index is 12.5. The lowest BCUT2D eigenvalue weighted by Gasteiger charge is -2.13. The van der Waals surface area contributed by atoms with Crippen molar-refractivity contribution >= 4 is 56.2 Å². The highest BCUT2D eigenvalue weighted by Crippen LogP contribution is 2.34. The van der Waals surface area contributed by atoms with Gasteiger partial charge in [0.1, 0.15) is 0 Å². The number of hydrogen-bond donors (Lipinski definition) is 2. The SMILES string of the molecule is Cc1cccc(C(=O)Nc2cc(Cl)c(NC(=O)c3ccc(S(C)(=O)=O)cc3)c(Cl)c2)c1. The number of amides is 2. The van der Waals surface area contributed by atoms with Gasteiger partial charge in [0.2, 0.25) is 0 Å². The fraction of sp³-hybridized carbons (Fsp3) is 0.0909. The zero-order chi connectivity index (χ0) is 22.8. The van der Waals surface area contributed by atoms with Crippen molar-refractivity contribution in [2.24, 2.45) is 0 Å². The van der Waals surface area contributed by atoms with Gasteiger partial charge >= 0.3 is 0 Å². The van der Waals surface area contributed by atoms with E-state index in [-0.39, 0.29) is 32.1 Å². The summed E-state index contributed by atoms with van der Waals surface area (Å²) < 4.78 is 23.1. The van der Waals surface area contributed by atoms with Gasteiger partial charge in [-0.15, -0.1) is 0 Å². The molecule has 0 radical (unpaired) electrons. The number of carbonyl (C=O) groups is 2.